The van der Waals surface area contributed by atoms with Crippen molar-refractivity contribution in [1.82, 2.24) is 9.55 Å². The summed E-state index contributed by atoms with van der Waals surface area (Å²) in [6.07, 6.45) is 9.34. The van der Waals surface area contributed by atoms with Crippen LogP contribution in [0, 0.1) is 13.8 Å². The van der Waals surface area contributed by atoms with Crippen LogP contribution in [0.4, 0.5) is 0 Å². The van der Waals surface area contributed by atoms with Gasteiger partial charge < -0.3 is 0 Å². The van der Waals surface area contributed by atoms with Crippen molar-refractivity contribution in [1.29, 1.82) is 0 Å². The van der Waals surface area contributed by atoms with Gasteiger partial charge in [-0.15, -0.1) is 0 Å². The van der Waals surface area contributed by atoms with E-state index in [1.54, 1.807) is 0 Å². The van der Waals surface area contributed by atoms with Gasteiger partial charge in [0.1, 0.15) is 24.6 Å². The lowest BCUT2D eigenvalue weighted by molar-refractivity contribution is -0.671. The Balaban J connectivity index is 1.60. The molecule has 0 radical (unpaired) electrons. The summed E-state index contributed by atoms with van der Waals surface area (Å²) in [5.74, 6) is 1.29. The van der Waals surface area contributed by atoms with Gasteiger partial charge >= 0.3 is 0 Å². The molecule has 0 spiro atoms. The molecule has 130 valence electrons. The molecule has 4 aromatic rings. The Morgan fingerprint density at radius 1 is 1.00 bits per heavy atom. The normalized spacial score (nSPS) is 13.3. The number of imidazole rings is 1. The second-order valence-corrected chi connectivity index (χ2v) is 7.68. The van der Waals surface area contributed by atoms with Gasteiger partial charge in [0.25, 0.3) is 5.82 Å². The van der Waals surface area contributed by atoms with Crippen molar-refractivity contribution in [2.24, 2.45) is 0 Å². The van der Waals surface area contributed by atoms with Crippen LogP contribution in [0.3, 0.4) is 0 Å². The summed E-state index contributed by atoms with van der Waals surface area (Å²) < 4.78 is 4.74. The minimum Gasteiger partial charge on any atom is -0.264 e. The molecule has 1 aliphatic heterocycles. The number of rotatable bonds is 1. The SMILES string of the molecule is Cc1cc2c(c(C)c1-n1cc[n+]3c1-c1ccccc1C3)Cc1ccncc1-2. The summed E-state index contributed by atoms with van der Waals surface area (Å²) in [5, 5.41) is 0. The van der Waals surface area contributed by atoms with Gasteiger partial charge in [-0.2, -0.15) is 4.57 Å². The predicted octanol–water partition coefficient (Wildman–Crippen LogP) is 4.38. The van der Waals surface area contributed by atoms with Gasteiger partial charge in [-0.3, -0.25) is 4.98 Å². The molecule has 0 unspecified atom stereocenters. The lowest BCUT2D eigenvalue weighted by atomic mass is 9.96. The predicted molar refractivity (Wildman–Crippen MR) is 106 cm³/mol. The van der Waals surface area contributed by atoms with E-state index in [1.165, 1.54) is 56.0 Å². The van der Waals surface area contributed by atoms with Crippen LogP contribution in [0.1, 0.15) is 27.8 Å². The van der Waals surface area contributed by atoms with E-state index in [4.69, 9.17) is 0 Å². The Kier molecular flexibility index (Phi) is 2.85. The van der Waals surface area contributed by atoms with Crippen molar-refractivity contribution >= 4 is 0 Å². The van der Waals surface area contributed by atoms with Crippen molar-refractivity contribution in [2.75, 3.05) is 0 Å². The Labute approximate surface area is 158 Å². The van der Waals surface area contributed by atoms with Crippen molar-refractivity contribution in [3.8, 4) is 28.2 Å². The van der Waals surface area contributed by atoms with E-state index in [9.17, 15) is 0 Å². The van der Waals surface area contributed by atoms with Crippen LogP contribution in [0.2, 0.25) is 0 Å². The quantitative estimate of drug-likeness (QED) is 0.403. The van der Waals surface area contributed by atoms with E-state index in [2.05, 4.69) is 76.8 Å². The highest BCUT2D eigenvalue weighted by Gasteiger charge is 2.32. The van der Waals surface area contributed by atoms with Crippen LogP contribution in [0.5, 0.6) is 0 Å². The van der Waals surface area contributed by atoms with E-state index < -0.39 is 0 Å². The molecule has 1 aliphatic carbocycles. The van der Waals surface area contributed by atoms with E-state index in [1.807, 2.05) is 12.4 Å². The topological polar surface area (TPSA) is 21.7 Å². The molecule has 2 aromatic heterocycles. The van der Waals surface area contributed by atoms with Crippen LogP contribution in [-0.4, -0.2) is 9.55 Å². The highest BCUT2D eigenvalue weighted by molar-refractivity contribution is 5.80. The highest BCUT2D eigenvalue weighted by Crippen LogP contribution is 2.42. The highest BCUT2D eigenvalue weighted by atomic mass is 15.2. The number of aryl methyl sites for hydroxylation is 1. The zero-order valence-electron chi connectivity index (χ0n) is 15.5. The third-order valence-corrected chi connectivity index (χ3v) is 6.17. The Hall–Kier alpha value is -3.20. The molecule has 0 saturated heterocycles. The van der Waals surface area contributed by atoms with E-state index in [0.29, 0.717) is 0 Å². The van der Waals surface area contributed by atoms with Crippen LogP contribution >= 0.6 is 0 Å². The van der Waals surface area contributed by atoms with E-state index >= 15 is 0 Å². The summed E-state index contributed by atoms with van der Waals surface area (Å²) >= 11 is 0. The smallest absolute Gasteiger partial charge is 0.264 e. The molecule has 2 aromatic carbocycles. The van der Waals surface area contributed by atoms with Crippen molar-refractivity contribution in [3.05, 3.63) is 89.0 Å². The minimum absolute atomic E-state index is 0.957. The third-order valence-electron chi connectivity index (χ3n) is 6.17. The van der Waals surface area contributed by atoms with Gasteiger partial charge in [0.05, 0.1) is 5.56 Å². The second kappa shape index (κ2) is 5.17. The summed E-state index contributed by atoms with van der Waals surface area (Å²) in [5.41, 5.74) is 12.2. The standard InChI is InChI=1S/C24H20N3/c1-15-11-21-20(12-17-7-8-25-13-22(17)21)16(2)23(15)27-10-9-26-14-18-5-3-4-6-19(18)24(26)27/h3-11,13H,12,14H2,1-2H3/q+1. The van der Waals surface area contributed by atoms with Crippen LogP contribution in [0.15, 0.2) is 61.2 Å². The maximum absolute atomic E-state index is 4.35. The van der Waals surface area contributed by atoms with Gasteiger partial charge in [-0.1, -0.05) is 18.2 Å². The molecule has 0 N–H and O–H groups in total. The fourth-order valence-electron chi connectivity index (χ4n) is 4.94. The molecule has 0 saturated carbocycles. The van der Waals surface area contributed by atoms with Crippen LogP contribution in [-0.2, 0) is 13.0 Å². The van der Waals surface area contributed by atoms with Crippen LogP contribution < -0.4 is 4.57 Å². The molecular formula is C24H20N3+. The third kappa shape index (κ3) is 1.91. The largest absolute Gasteiger partial charge is 0.294 e. The average molecular weight is 350 g/mol. The number of nitrogens with zero attached hydrogens (tertiary/aromatic N) is 3. The van der Waals surface area contributed by atoms with Gasteiger partial charge in [0.15, 0.2) is 0 Å². The van der Waals surface area contributed by atoms with E-state index in [0.717, 1.165) is 13.0 Å². The zero-order valence-corrected chi connectivity index (χ0v) is 15.5. The van der Waals surface area contributed by atoms with Crippen LogP contribution in [0.25, 0.3) is 28.2 Å². The number of aromatic nitrogens is 3. The maximum atomic E-state index is 4.35. The fourth-order valence-corrected chi connectivity index (χ4v) is 4.94. The van der Waals surface area contributed by atoms with Gasteiger partial charge in [-0.05, 0) is 60.7 Å². The summed E-state index contributed by atoms with van der Waals surface area (Å²) in [6.45, 7) is 5.46. The minimum atomic E-state index is 0.957. The summed E-state index contributed by atoms with van der Waals surface area (Å²) in [4.78, 5) is 4.35. The molecule has 0 bridgehead atoms. The molecule has 0 atom stereocenters. The number of pyridine rings is 1. The number of hydrogen-bond donors (Lipinski definition) is 0. The second-order valence-electron chi connectivity index (χ2n) is 7.68. The maximum Gasteiger partial charge on any atom is 0.294 e. The molecular weight excluding hydrogens is 330 g/mol. The number of hydrogen-bond acceptors (Lipinski definition) is 1. The molecule has 0 amide bonds. The Morgan fingerprint density at radius 3 is 2.81 bits per heavy atom. The van der Waals surface area contributed by atoms with Gasteiger partial charge in [0, 0.05) is 29.1 Å². The average Bonchev–Trinajstić information content (AvgIpc) is 3.34. The van der Waals surface area contributed by atoms with Crippen molar-refractivity contribution in [2.45, 2.75) is 26.8 Å². The van der Waals surface area contributed by atoms with Crippen molar-refractivity contribution < 1.29 is 4.57 Å². The molecule has 0 fully saturated rings. The monoisotopic (exact) mass is 350 g/mol. The van der Waals surface area contributed by atoms with E-state index in [-0.39, 0.29) is 0 Å². The zero-order chi connectivity index (χ0) is 18.1. The lowest BCUT2D eigenvalue weighted by Crippen LogP contribution is -2.30. The molecule has 3 heterocycles. The van der Waals surface area contributed by atoms with Crippen molar-refractivity contribution in [3.63, 3.8) is 0 Å². The number of fused-ring (bicyclic) bond motifs is 6. The van der Waals surface area contributed by atoms with Gasteiger partial charge in [0.2, 0.25) is 0 Å². The molecule has 27 heavy (non-hydrogen) atoms. The first kappa shape index (κ1) is 14.9. The fraction of sp³-hybridized carbons (Fsp3) is 0.167. The summed E-state index contributed by atoms with van der Waals surface area (Å²) in [7, 11) is 0. The molecule has 3 heteroatoms. The lowest BCUT2D eigenvalue weighted by Gasteiger charge is -2.13. The molecule has 2 aliphatic rings. The van der Waals surface area contributed by atoms with Gasteiger partial charge in [-0.25, -0.2) is 4.57 Å². The Morgan fingerprint density at radius 2 is 1.89 bits per heavy atom. The first-order chi connectivity index (χ1) is 13.2. The first-order valence-corrected chi connectivity index (χ1v) is 9.48. The Bertz CT molecular complexity index is 1250. The number of benzene rings is 2. The summed E-state index contributed by atoms with van der Waals surface area (Å²) in [6, 6.07) is 13.2. The molecule has 3 nitrogen and oxygen atoms in total. The molecule has 6 rings (SSSR count). The first-order valence-electron chi connectivity index (χ1n) is 9.48.